The zero-order valence-electron chi connectivity index (χ0n) is 11.5. The molecule has 2 amide bonds. The number of nitrogens with one attached hydrogen (secondary N) is 1. The molecular weight excluding hydrogens is 262 g/mol. The molecule has 1 aliphatic rings. The third-order valence-corrected chi connectivity index (χ3v) is 4.44. The number of hydrogen-bond donors (Lipinski definition) is 2. The molecule has 0 saturated carbocycles. The van der Waals surface area contributed by atoms with E-state index in [-0.39, 0.29) is 12.1 Å². The summed E-state index contributed by atoms with van der Waals surface area (Å²) in [7, 11) is 0. The summed E-state index contributed by atoms with van der Waals surface area (Å²) in [4.78, 5) is 19.2. The standard InChI is InChI=1S/C13H21N3O2S/c1-9-12(19-10(2)15-9)5-6-14-13(18)16-7-3-4-11(17)8-16/h11,17H,3-8H2,1-2H3,(H,14,18). The van der Waals surface area contributed by atoms with Gasteiger partial charge in [0.05, 0.1) is 16.8 Å². The van der Waals surface area contributed by atoms with Gasteiger partial charge in [-0.1, -0.05) is 0 Å². The molecule has 0 aromatic carbocycles. The van der Waals surface area contributed by atoms with Gasteiger partial charge in [0.15, 0.2) is 0 Å². The van der Waals surface area contributed by atoms with E-state index in [0.29, 0.717) is 13.1 Å². The largest absolute Gasteiger partial charge is 0.391 e. The van der Waals surface area contributed by atoms with Crippen LogP contribution in [0.1, 0.15) is 28.4 Å². The summed E-state index contributed by atoms with van der Waals surface area (Å²) in [5.41, 5.74) is 1.06. The number of piperidine rings is 1. The fourth-order valence-corrected chi connectivity index (χ4v) is 3.28. The molecule has 106 valence electrons. The Morgan fingerprint density at radius 2 is 2.37 bits per heavy atom. The van der Waals surface area contributed by atoms with E-state index in [1.165, 1.54) is 4.88 Å². The molecule has 1 saturated heterocycles. The summed E-state index contributed by atoms with van der Waals surface area (Å²) >= 11 is 1.69. The maximum absolute atomic E-state index is 11.9. The van der Waals surface area contributed by atoms with E-state index >= 15 is 0 Å². The van der Waals surface area contributed by atoms with E-state index < -0.39 is 0 Å². The van der Waals surface area contributed by atoms with Crippen molar-refractivity contribution < 1.29 is 9.90 Å². The first-order chi connectivity index (χ1) is 9.06. The maximum Gasteiger partial charge on any atom is 0.317 e. The van der Waals surface area contributed by atoms with Crippen molar-refractivity contribution in [2.75, 3.05) is 19.6 Å². The average molecular weight is 283 g/mol. The number of aliphatic hydroxyl groups is 1. The van der Waals surface area contributed by atoms with Gasteiger partial charge in [-0.15, -0.1) is 11.3 Å². The molecular formula is C13H21N3O2S. The summed E-state index contributed by atoms with van der Waals surface area (Å²) in [6.07, 6.45) is 2.12. The average Bonchev–Trinajstić information content (AvgIpc) is 2.68. The van der Waals surface area contributed by atoms with Gasteiger partial charge >= 0.3 is 6.03 Å². The molecule has 1 fully saturated rings. The Balaban J connectivity index is 1.76. The molecule has 1 aliphatic heterocycles. The van der Waals surface area contributed by atoms with E-state index in [9.17, 15) is 9.90 Å². The Kier molecular flexibility index (Phi) is 4.76. The van der Waals surface area contributed by atoms with Gasteiger partial charge in [-0.25, -0.2) is 9.78 Å². The lowest BCUT2D eigenvalue weighted by Gasteiger charge is -2.30. The molecule has 19 heavy (non-hydrogen) atoms. The van der Waals surface area contributed by atoms with Gasteiger partial charge in [0, 0.05) is 30.9 Å². The van der Waals surface area contributed by atoms with Crippen LogP contribution in [0.2, 0.25) is 0 Å². The first-order valence-corrected chi connectivity index (χ1v) is 7.51. The minimum Gasteiger partial charge on any atom is -0.391 e. The number of aliphatic hydroxyl groups excluding tert-OH is 1. The summed E-state index contributed by atoms with van der Waals surface area (Å²) in [5.74, 6) is 0. The van der Waals surface area contributed by atoms with Crippen LogP contribution in [0.3, 0.4) is 0 Å². The summed E-state index contributed by atoms with van der Waals surface area (Å²) in [6, 6.07) is -0.0716. The molecule has 1 aromatic heterocycles. The molecule has 0 spiro atoms. The molecule has 2 heterocycles. The van der Waals surface area contributed by atoms with Crippen LogP contribution in [0.15, 0.2) is 0 Å². The molecule has 2 rings (SSSR count). The topological polar surface area (TPSA) is 65.5 Å². The third kappa shape index (κ3) is 3.91. The Bertz CT molecular complexity index is 447. The molecule has 6 heteroatoms. The van der Waals surface area contributed by atoms with Crippen molar-refractivity contribution in [1.29, 1.82) is 0 Å². The predicted octanol–water partition coefficient (Wildman–Crippen LogP) is 1.47. The van der Waals surface area contributed by atoms with Gasteiger partial charge < -0.3 is 15.3 Å². The predicted molar refractivity (Wildman–Crippen MR) is 75.5 cm³/mol. The highest BCUT2D eigenvalue weighted by molar-refractivity contribution is 7.11. The van der Waals surface area contributed by atoms with Crippen molar-refractivity contribution >= 4 is 17.4 Å². The maximum atomic E-state index is 11.9. The summed E-state index contributed by atoms with van der Waals surface area (Å²) in [5, 5.41) is 13.5. The number of thiazole rings is 1. The lowest BCUT2D eigenvalue weighted by molar-refractivity contribution is 0.0843. The number of rotatable bonds is 3. The number of carbonyl (C=O) groups is 1. The first-order valence-electron chi connectivity index (χ1n) is 6.70. The zero-order valence-corrected chi connectivity index (χ0v) is 12.3. The van der Waals surface area contributed by atoms with Gasteiger partial charge in [0.2, 0.25) is 0 Å². The fraction of sp³-hybridized carbons (Fsp3) is 0.692. The van der Waals surface area contributed by atoms with E-state index in [1.54, 1.807) is 16.2 Å². The second-order valence-electron chi connectivity index (χ2n) is 4.97. The molecule has 5 nitrogen and oxygen atoms in total. The molecule has 2 N–H and O–H groups in total. The van der Waals surface area contributed by atoms with Crippen LogP contribution in [0.4, 0.5) is 4.79 Å². The number of likely N-dealkylation sites (tertiary alicyclic amines) is 1. The molecule has 1 unspecified atom stereocenters. The molecule has 0 aliphatic carbocycles. The lowest BCUT2D eigenvalue weighted by atomic mass is 10.1. The van der Waals surface area contributed by atoms with Crippen molar-refractivity contribution in [2.24, 2.45) is 0 Å². The molecule has 1 atom stereocenters. The lowest BCUT2D eigenvalue weighted by Crippen LogP contribution is -2.47. The van der Waals surface area contributed by atoms with Crippen molar-refractivity contribution in [2.45, 2.75) is 39.2 Å². The van der Waals surface area contributed by atoms with Gasteiger partial charge in [-0.2, -0.15) is 0 Å². The first kappa shape index (κ1) is 14.3. The van der Waals surface area contributed by atoms with E-state index in [2.05, 4.69) is 10.3 Å². The number of urea groups is 1. The van der Waals surface area contributed by atoms with Crippen LogP contribution >= 0.6 is 11.3 Å². The number of hydrogen-bond acceptors (Lipinski definition) is 4. The van der Waals surface area contributed by atoms with Crippen LogP contribution in [0, 0.1) is 13.8 Å². The normalized spacial score (nSPS) is 19.5. The highest BCUT2D eigenvalue weighted by Gasteiger charge is 2.21. The molecule has 0 radical (unpaired) electrons. The van der Waals surface area contributed by atoms with Crippen LogP contribution in [0.25, 0.3) is 0 Å². The Morgan fingerprint density at radius 3 is 3.00 bits per heavy atom. The third-order valence-electron chi connectivity index (χ3n) is 3.31. The van der Waals surface area contributed by atoms with E-state index in [4.69, 9.17) is 0 Å². The van der Waals surface area contributed by atoms with Crippen molar-refractivity contribution in [1.82, 2.24) is 15.2 Å². The number of aryl methyl sites for hydroxylation is 2. The molecule has 0 bridgehead atoms. The van der Waals surface area contributed by atoms with Gasteiger partial charge in [-0.05, 0) is 26.7 Å². The monoisotopic (exact) mass is 283 g/mol. The van der Waals surface area contributed by atoms with Crippen LogP contribution in [0.5, 0.6) is 0 Å². The second kappa shape index (κ2) is 6.34. The summed E-state index contributed by atoms with van der Waals surface area (Å²) in [6.45, 7) is 5.80. The number of amides is 2. The Morgan fingerprint density at radius 1 is 1.58 bits per heavy atom. The summed E-state index contributed by atoms with van der Waals surface area (Å²) < 4.78 is 0. The number of aromatic nitrogens is 1. The van der Waals surface area contributed by atoms with Crippen molar-refractivity contribution in [3.63, 3.8) is 0 Å². The van der Waals surface area contributed by atoms with Crippen LogP contribution < -0.4 is 5.32 Å². The highest BCUT2D eigenvalue weighted by atomic mass is 32.1. The van der Waals surface area contributed by atoms with Crippen molar-refractivity contribution in [3.8, 4) is 0 Å². The Labute approximate surface area is 117 Å². The SMILES string of the molecule is Cc1nc(C)c(CCNC(=O)N2CCCC(O)C2)s1. The minimum absolute atomic E-state index is 0.0716. The van der Waals surface area contributed by atoms with E-state index in [1.807, 2.05) is 13.8 Å². The Hall–Kier alpha value is -1.14. The van der Waals surface area contributed by atoms with Crippen LogP contribution in [-0.2, 0) is 6.42 Å². The number of β-amino-alcohol motifs (C(OH)–C–C–N with tert-alkyl or cyclic N) is 1. The van der Waals surface area contributed by atoms with E-state index in [0.717, 1.165) is 36.5 Å². The quantitative estimate of drug-likeness (QED) is 0.883. The minimum atomic E-state index is -0.370. The highest BCUT2D eigenvalue weighted by Crippen LogP contribution is 2.17. The second-order valence-corrected chi connectivity index (χ2v) is 6.25. The van der Waals surface area contributed by atoms with Gasteiger partial charge in [0.1, 0.15) is 0 Å². The van der Waals surface area contributed by atoms with Crippen LogP contribution in [-0.4, -0.2) is 46.8 Å². The number of nitrogens with zero attached hydrogens (tertiary/aromatic N) is 2. The fourth-order valence-electron chi connectivity index (χ4n) is 2.34. The zero-order chi connectivity index (χ0) is 13.8. The van der Waals surface area contributed by atoms with Crippen molar-refractivity contribution in [3.05, 3.63) is 15.6 Å². The number of carbonyl (C=O) groups excluding carboxylic acids is 1. The molecule has 1 aromatic rings. The van der Waals surface area contributed by atoms with Gasteiger partial charge in [0.25, 0.3) is 0 Å². The smallest absolute Gasteiger partial charge is 0.317 e. The van der Waals surface area contributed by atoms with Gasteiger partial charge in [-0.3, -0.25) is 0 Å².